The standard InChI is InChI=1S/C22H17ClN4O/c23-18-8-6-15(7-9-18)21-17(12-16(13-24)22(28)25-19-10-11-19)14-27(26-21)20-4-2-1-3-5-20/h1-9,12,14,19H,10-11H2,(H,25,28)/b16-12-. The van der Waals surface area contributed by atoms with Crippen LogP contribution in [0.15, 0.2) is 66.4 Å². The highest BCUT2D eigenvalue weighted by Gasteiger charge is 2.25. The van der Waals surface area contributed by atoms with Crippen molar-refractivity contribution in [3.63, 3.8) is 0 Å². The van der Waals surface area contributed by atoms with Crippen LogP contribution in [0.3, 0.4) is 0 Å². The molecule has 1 heterocycles. The van der Waals surface area contributed by atoms with Crippen molar-refractivity contribution in [2.24, 2.45) is 0 Å². The van der Waals surface area contributed by atoms with Gasteiger partial charge in [-0.2, -0.15) is 10.4 Å². The van der Waals surface area contributed by atoms with Crippen LogP contribution in [0.4, 0.5) is 0 Å². The first kappa shape index (κ1) is 18.0. The van der Waals surface area contributed by atoms with Gasteiger partial charge in [0.15, 0.2) is 0 Å². The van der Waals surface area contributed by atoms with Gasteiger partial charge in [0, 0.05) is 28.4 Å². The van der Waals surface area contributed by atoms with Crippen LogP contribution in [0.1, 0.15) is 18.4 Å². The van der Waals surface area contributed by atoms with E-state index in [1.807, 2.05) is 54.7 Å². The Morgan fingerprint density at radius 3 is 2.54 bits per heavy atom. The van der Waals surface area contributed by atoms with Crippen LogP contribution in [0.25, 0.3) is 23.0 Å². The number of aromatic nitrogens is 2. The molecule has 0 bridgehead atoms. The van der Waals surface area contributed by atoms with E-state index in [1.54, 1.807) is 22.9 Å². The molecule has 0 radical (unpaired) electrons. The summed E-state index contributed by atoms with van der Waals surface area (Å²) in [6.07, 6.45) is 5.34. The number of benzene rings is 2. The largest absolute Gasteiger partial charge is 0.349 e. The summed E-state index contributed by atoms with van der Waals surface area (Å²) in [5.74, 6) is -0.348. The molecule has 4 rings (SSSR count). The number of nitriles is 1. The molecule has 1 aliphatic carbocycles. The highest BCUT2D eigenvalue weighted by atomic mass is 35.5. The summed E-state index contributed by atoms with van der Waals surface area (Å²) in [5, 5.41) is 17.7. The van der Waals surface area contributed by atoms with Gasteiger partial charge in [0.05, 0.1) is 11.4 Å². The summed E-state index contributed by atoms with van der Waals surface area (Å²) in [5.41, 5.74) is 3.17. The molecule has 6 heteroatoms. The predicted octanol–water partition coefficient (Wildman–Crippen LogP) is 4.38. The molecule has 0 saturated heterocycles. The molecule has 0 unspecified atom stereocenters. The first-order valence-electron chi connectivity index (χ1n) is 8.98. The van der Waals surface area contributed by atoms with Crippen LogP contribution in [0.2, 0.25) is 5.02 Å². The van der Waals surface area contributed by atoms with E-state index >= 15 is 0 Å². The summed E-state index contributed by atoms with van der Waals surface area (Å²) < 4.78 is 1.74. The highest BCUT2D eigenvalue weighted by Crippen LogP contribution is 2.27. The Morgan fingerprint density at radius 1 is 1.18 bits per heavy atom. The van der Waals surface area contributed by atoms with Crippen molar-refractivity contribution in [2.45, 2.75) is 18.9 Å². The van der Waals surface area contributed by atoms with Crippen LogP contribution in [0, 0.1) is 11.3 Å². The van der Waals surface area contributed by atoms with Crippen LogP contribution in [0.5, 0.6) is 0 Å². The fourth-order valence-electron chi connectivity index (χ4n) is 2.83. The topological polar surface area (TPSA) is 70.7 Å². The minimum absolute atomic E-state index is 0.0646. The molecule has 1 fully saturated rings. The average molecular weight is 389 g/mol. The lowest BCUT2D eigenvalue weighted by molar-refractivity contribution is -0.117. The van der Waals surface area contributed by atoms with E-state index in [0.29, 0.717) is 16.3 Å². The van der Waals surface area contributed by atoms with E-state index < -0.39 is 0 Å². The molecule has 28 heavy (non-hydrogen) atoms. The Morgan fingerprint density at radius 2 is 1.89 bits per heavy atom. The van der Waals surface area contributed by atoms with Crippen LogP contribution in [-0.2, 0) is 4.79 Å². The molecular weight excluding hydrogens is 372 g/mol. The Labute approximate surface area is 167 Å². The van der Waals surface area contributed by atoms with Crippen molar-refractivity contribution in [1.82, 2.24) is 15.1 Å². The van der Waals surface area contributed by atoms with Crippen molar-refractivity contribution in [3.8, 4) is 23.0 Å². The molecule has 138 valence electrons. The number of nitrogens with one attached hydrogen (secondary N) is 1. The summed E-state index contributed by atoms with van der Waals surface area (Å²) in [4.78, 5) is 12.4. The maximum Gasteiger partial charge on any atom is 0.262 e. The summed E-state index contributed by atoms with van der Waals surface area (Å²) >= 11 is 6.01. The first-order valence-corrected chi connectivity index (χ1v) is 9.35. The molecule has 2 aromatic carbocycles. The first-order chi connectivity index (χ1) is 13.6. The van der Waals surface area contributed by atoms with Gasteiger partial charge in [-0.1, -0.05) is 41.9 Å². The molecule has 0 aliphatic heterocycles. The van der Waals surface area contributed by atoms with Gasteiger partial charge in [-0.25, -0.2) is 4.68 Å². The minimum atomic E-state index is -0.348. The zero-order chi connectivity index (χ0) is 19.5. The molecule has 1 aromatic heterocycles. The fraction of sp³-hybridized carbons (Fsp3) is 0.136. The number of amides is 1. The van der Waals surface area contributed by atoms with Crippen LogP contribution >= 0.6 is 11.6 Å². The van der Waals surface area contributed by atoms with Crippen molar-refractivity contribution in [3.05, 3.63) is 77.0 Å². The number of carbonyl (C=O) groups excluding carboxylic acids is 1. The monoisotopic (exact) mass is 388 g/mol. The quantitative estimate of drug-likeness (QED) is 0.521. The molecule has 5 nitrogen and oxygen atoms in total. The van der Waals surface area contributed by atoms with Crippen molar-refractivity contribution in [1.29, 1.82) is 5.26 Å². The summed E-state index contributed by atoms with van der Waals surface area (Å²) in [6.45, 7) is 0. The minimum Gasteiger partial charge on any atom is -0.349 e. The second kappa shape index (κ2) is 7.71. The van der Waals surface area contributed by atoms with E-state index in [2.05, 4.69) is 10.4 Å². The number of halogens is 1. The fourth-order valence-corrected chi connectivity index (χ4v) is 2.96. The Balaban J connectivity index is 1.78. The molecule has 0 atom stereocenters. The number of carbonyl (C=O) groups is 1. The Hall–Kier alpha value is -3.36. The normalized spacial score (nSPS) is 13.8. The lowest BCUT2D eigenvalue weighted by Crippen LogP contribution is -2.26. The lowest BCUT2D eigenvalue weighted by atomic mass is 10.1. The maximum atomic E-state index is 12.4. The zero-order valence-electron chi connectivity index (χ0n) is 15.0. The van der Waals surface area contributed by atoms with E-state index in [4.69, 9.17) is 11.6 Å². The number of hydrogen-bond donors (Lipinski definition) is 1. The van der Waals surface area contributed by atoms with Crippen molar-refractivity contribution < 1.29 is 4.79 Å². The Kier molecular flexibility index (Phi) is 4.96. The third kappa shape index (κ3) is 3.98. The van der Waals surface area contributed by atoms with Crippen LogP contribution < -0.4 is 5.32 Å². The summed E-state index contributed by atoms with van der Waals surface area (Å²) in [7, 11) is 0. The van der Waals surface area contributed by atoms with Gasteiger partial charge in [0.1, 0.15) is 11.6 Å². The highest BCUT2D eigenvalue weighted by molar-refractivity contribution is 6.30. The molecular formula is C22H17ClN4O. The second-order valence-corrected chi connectivity index (χ2v) is 7.07. The molecule has 1 aliphatic rings. The van der Waals surface area contributed by atoms with Gasteiger partial charge in [0.25, 0.3) is 5.91 Å². The lowest BCUT2D eigenvalue weighted by Gasteiger charge is -2.02. The Bertz CT molecular complexity index is 1070. The number of hydrogen-bond acceptors (Lipinski definition) is 3. The SMILES string of the molecule is N#C/C(=C/c1cn(-c2ccccc2)nc1-c1ccc(Cl)cc1)C(=O)NC1CC1. The number of para-hydroxylation sites is 1. The van der Waals surface area contributed by atoms with Gasteiger partial charge >= 0.3 is 0 Å². The van der Waals surface area contributed by atoms with Crippen LogP contribution in [-0.4, -0.2) is 21.7 Å². The zero-order valence-corrected chi connectivity index (χ0v) is 15.7. The van der Waals surface area contributed by atoms with Gasteiger partial charge in [-0.15, -0.1) is 0 Å². The second-order valence-electron chi connectivity index (χ2n) is 6.64. The average Bonchev–Trinajstić information content (AvgIpc) is 3.43. The van der Waals surface area contributed by atoms with E-state index in [1.165, 1.54) is 0 Å². The van der Waals surface area contributed by atoms with E-state index in [-0.39, 0.29) is 17.5 Å². The van der Waals surface area contributed by atoms with Gasteiger partial charge < -0.3 is 5.32 Å². The number of rotatable bonds is 5. The molecule has 1 saturated carbocycles. The van der Waals surface area contributed by atoms with E-state index in [0.717, 1.165) is 24.1 Å². The van der Waals surface area contributed by atoms with Gasteiger partial charge in [-0.05, 0) is 43.2 Å². The third-order valence-electron chi connectivity index (χ3n) is 4.46. The molecule has 1 amide bonds. The number of nitrogens with zero attached hydrogens (tertiary/aromatic N) is 3. The summed E-state index contributed by atoms with van der Waals surface area (Å²) in [6, 6.07) is 19.2. The molecule has 1 N–H and O–H groups in total. The van der Waals surface area contributed by atoms with E-state index in [9.17, 15) is 10.1 Å². The molecule has 0 spiro atoms. The van der Waals surface area contributed by atoms with Gasteiger partial charge in [0.2, 0.25) is 0 Å². The van der Waals surface area contributed by atoms with Crippen molar-refractivity contribution >= 4 is 23.6 Å². The maximum absolute atomic E-state index is 12.4. The van der Waals surface area contributed by atoms with Gasteiger partial charge in [-0.3, -0.25) is 4.79 Å². The third-order valence-corrected chi connectivity index (χ3v) is 4.71. The molecule has 3 aromatic rings. The predicted molar refractivity (Wildman–Crippen MR) is 109 cm³/mol. The smallest absolute Gasteiger partial charge is 0.262 e. The van der Waals surface area contributed by atoms with Crippen molar-refractivity contribution in [2.75, 3.05) is 0 Å².